The van der Waals surface area contributed by atoms with Crippen molar-refractivity contribution in [2.75, 3.05) is 6.61 Å². The molecule has 1 N–H and O–H groups in total. The number of aryl methyl sites for hydroxylation is 1. The van der Waals surface area contributed by atoms with Gasteiger partial charge < -0.3 is 14.3 Å². The molecule has 3 aromatic rings. The topological polar surface area (TPSA) is 85.5 Å². The van der Waals surface area contributed by atoms with Crippen LogP contribution in [0.1, 0.15) is 18.4 Å². The van der Waals surface area contributed by atoms with Crippen molar-refractivity contribution in [3.8, 4) is 18.1 Å². The predicted octanol–water partition coefficient (Wildman–Crippen LogP) is 4.02. The number of thioether (sulfide) groups is 1. The molecule has 7 heteroatoms. The van der Waals surface area contributed by atoms with Crippen LogP contribution in [0.15, 0.2) is 50.9 Å². The molecule has 136 valence electrons. The Morgan fingerprint density at radius 1 is 1.33 bits per heavy atom. The van der Waals surface area contributed by atoms with Crippen LogP contribution in [0.3, 0.4) is 0 Å². The molecule has 0 unspecified atom stereocenters. The van der Waals surface area contributed by atoms with Crippen molar-refractivity contribution >= 4 is 34.6 Å². The number of carboxylic acid groups (broad SMARTS) is 1. The number of aromatic nitrogens is 2. The number of aliphatic carboxylic acids is 1. The second-order valence-corrected chi connectivity index (χ2v) is 6.42. The Hall–Kier alpha value is -3.24. The first-order chi connectivity index (χ1) is 13.1. The molecule has 0 spiro atoms. The molecule has 0 saturated carbocycles. The smallest absolute Gasteiger partial charge is 0.342 e. The van der Waals surface area contributed by atoms with Crippen LogP contribution in [0.4, 0.5) is 0 Å². The quantitative estimate of drug-likeness (QED) is 0.376. The number of carbonyl (C=O) groups is 1. The van der Waals surface area contributed by atoms with Crippen molar-refractivity contribution in [1.29, 1.82) is 0 Å². The average molecular weight is 380 g/mol. The number of hydrogen-bond donors (Lipinski definition) is 1. The third-order valence-corrected chi connectivity index (χ3v) is 4.53. The Bertz CT molecular complexity index is 1050. The predicted molar refractivity (Wildman–Crippen MR) is 103 cm³/mol. The zero-order valence-electron chi connectivity index (χ0n) is 14.5. The van der Waals surface area contributed by atoms with E-state index in [2.05, 4.69) is 16.1 Å². The van der Waals surface area contributed by atoms with Crippen LogP contribution in [0.25, 0.3) is 16.8 Å². The van der Waals surface area contributed by atoms with Gasteiger partial charge in [-0.1, -0.05) is 43.2 Å². The number of benzene rings is 2. The van der Waals surface area contributed by atoms with Gasteiger partial charge in [-0.15, -0.1) is 16.6 Å². The van der Waals surface area contributed by atoms with E-state index in [1.54, 1.807) is 6.07 Å². The van der Waals surface area contributed by atoms with Crippen LogP contribution in [0, 0.1) is 12.3 Å². The molecule has 6 nitrogen and oxygen atoms in total. The first kappa shape index (κ1) is 18.5. The summed E-state index contributed by atoms with van der Waals surface area (Å²) in [5.74, 6) is 2.27. The van der Waals surface area contributed by atoms with Crippen molar-refractivity contribution in [2.45, 2.75) is 18.6 Å². The van der Waals surface area contributed by atoms with E-state index in [9.17, 15) is 9.90 Å². The Balaban J connectivity index is 2.08. The van der Waals surface area contributed by atoms with E-state index in [0.29, 0.717) is 23.6 Å². The lowest BCUT2D eigenvalue weighted by Gasteiger charge is -2.11. The molecule has 2 aromatic carbocycles. The fraction of sp³-hybridized carbons (Fsp3) is 0.150. The molecule has 0 aliphatic heterocycles. The third kappa shape index (κ3) is 4.30. The summed E-state index contributed by atoms with van der Waals surface area (Å²) in [4.78, 5) is 11.8. The van der Waals surface area contributed by atoms with Gasteiger partial charge in [0.25, 0.3) is 5.22 Å². The number of carboxylic acids is 1. The average Bonchev–Trinajstić information content (AvgIpc) is 3.14. The minimum absolute atomic E-state index is 0.0308. The standard InChI is InChI=1S/C20H16N2O4S/c1-3-11-25-16-10-9-13-7-5-6-8-14(13)15(16)12-17(19(23)24)27-20-22-21-18(4-2)26-20/h1,5-10,12H,4,11H2,2H3,(H,23,24)/b17-12-. The van der Waals surface area contributed by atoms with E-state index in [-0.39, 0.29) is 16.7 Å². The van der Waals surface area contributed by atoms with E-state index in [0.717, 1.165) is 22.5 Å². The first-order valence-electron chi connectivity index (χ1n) is 8.15. The minimum atomic E-state index is -1.10. The lowest BCUT2D eigenvalue weighted by Crippen LogP contribution is -2.00. The summed E-state index contributed by atoms with van der Waals surface area (Å²) in [6.45, 7) is 1.96. The Morgan fingerprint density at radius 2 is 2.15 bits per heavy atom. The summed E-state index contributed by atoms with van der Waals surface area (Å²) in [7, 11) is 0. The summed E-state index contributed by atoms with van der Waals surface area (Å²) in [6, 6.07) is 11.3. The normalized spacial score (nSPS) is 11.3. The molecule has 0 aliphatic rings. The fourth-order valence-corrected chi connectivity index (χ4v) is 3.12. The highest BCUT2D eigenvalue weighted by Crippen LogP contribution is 2.34. The number of terminal acetylenes is 1. The summed E-state index contributed by atoms with van der Waals surface area (Å²) in [5, 5.41) is 19.4. The molecular formula is C20H16N2O4S. The third-order valence-electron chi connectivity index (χ3n) is 3.68. The van der Waals surface area contributed by atoms with Crippen LogP contribution < -0.4 is 4.74 Å². The van der Waals surface area contributed by atoms with E-state index in [4.69, 9.17) is 15.6 Å². The van der Waals surface area contributed by atoms with Crippen LogP contribution in [-0.4, -0.2) is 27.9 Å². The van der Waals surface area contributed by atoms with E-state index in [1.807, 2.05) is 37.3 Å². The molecule has 1 heterocycles. The Labute approximate surface area is 160 Å². The van der Waals surface area contributed by atoms with Gasteiger partial charge in [0.2, 0.25) is 5.89 Å². The van der Waals surface area contributed by atoms with Gasteiger partial charge in [-0.2, -0.15) is 0 Å². The summed E-state index contributed by atoms with van der Waals surface area (Å²) >= 11 is 0.894. The van der Waals surface area contributed by atoms with Crippen LogP contribution >= 0.6 is 11.8 Å². The number of nitrogens with zero attached hydrogens (tertiary/aromatic N) is 2. The Kier molecular flexibility index (Phi) is 5.79. The summed E-state index contributed by atoms with van der Waals surface area (Å²) < 4.78 is 11.0. The SMILES string of the molecule is C#CCOc1ccc2ccccc2c1/C=C(\Sc1nnc(CC)o1)C(=O)O. The molecule has 0 bridgehead atoms. The number of hydrogen-bond acceptors (Lipinski definition) is 6. The second kappa shape index (κ2) is 8.43. The van der Waals surface area contributed by atoms with Crippen molar-refractivity contribution in [3.05, 3.63) is 52.8 Å². The van der Waals surface area contributed by atoms with Crippen LogP contribution in [0.5, 0.6) is 5.75 Å². The van der Waals surface area contributed by atoms with E-state index < -0.39 is 5.97 Å². The van der Waals surface area contributed by atoms with Gasteiger partial charge in [-0.25, -0.2) is 4.79 Å². The molecule has 0 radical (unpaired) electrons. The van der Waals surface area contributed by atoms with Gasteiger partial charge in [0.15, 0.2) is 0 Å². The maximum atomic E-state index is 11.8. The molecule has 0 aliphatic carbocycles. The van der Waals surface area contributed by atoms with Gasteiger partial charge in [0.05, 0.1) is 0 Å². The van der Waals surface area contributed by atoms with Crippen LogP contribution in [0.2, 0.25) is 0 Å². The summed E-state index contributed by atoms with van der Waals surface area (Å²) in [5.41, 5.74) is 0.628. The lowest BCUT2D eigenvalue weighted by atomic mass is 10.0. The number of ether oxygens (including phenoxy) is 1. The molecule has 0 saturated heterocycles. The van der Waals surface area contributed by atoms with Gasteiger partial charge in [-0.3, -0.25) is 0 Å². The monoisotopic (exact) mass is 380 g/mol. The Morgan fingerprint density at radius 3 is 2.85 bits per heavy atom. The van der Waals surface area contributed by atoms with Crippen molar-refractivity contribution in [2.24, 2.45) is 0 Å². The second-order valence-electron chi connectivity index (χ2n) is 5.42. The number of fused-ring (bicyclic) bond motifs is 1. The van der Waals surface area contributed by atoms with Crippen molar-refractivity contribution in [1.82, 2.24) is 10.2 Å². The first-order valence-corrected chi connectivity index (χ1v) is 8.97. The van der Waals surface area contributed by atoms with E-state index in [1.165, 1.54) is 6.08 Å². The van der Waals surface area contributed by atoms with Crippen molar-refractivity contribution < 1.29 is 19.1 Å². The highest BCUT2D eigenvalue weighted by Gasteiger charge is 2.17. The maximum absolute atomic E-state index is 11.8. The number of rotatable bonds is 7. The fourth-order valence-electron chi connectivity index (χ4n) is 2.45. The highest BCUT2D eigenvalue weighted by molar-refractivity contribution is 8.03. The highest BCUT2D eigenvalue weighted by atomic mass is 32.2. The molecule has 0 amide bonds. The minimum Gasteiger partial charge on any atom is -0.480 e. The largest absolute Gasteiger partial charge is 0.480 e. The van der Waals surface area contributed by atoms with Crippen LogP contribution in [-0.2, 0) is 11.2 Å². The van der Waals surface area contributed by atoms with Gasteiger partial charge >= 0.3 is 5.97 Å². The van der Waals surface area contributed by atoms with Crippen molar-refractivity contribution in [3.63, 3.8) is 0 Å². The molecular weight excluding hydrogens is 364 g/mol. The molecule has 3 rings (SSSR count). The molecule has 0 atom stereocenters. The molecule has 27 heavy (non-hydrogen) atoms. The summed E-state index contributed by atoms with van der Waals surface area (Å²) in [6.07, 6.45) is 7.41. The molecule has 0 fully saturated rings. The lowest BCUT2D eigenvalue weighted by molar-refractivity contribution is -0.131. The zero-order valence-corrected chi connectivity index (χ0v) is 15.3. The maximum Gasteiger partial charge on any atom is 0.342 e. The zero-order chi connectivity index (χ0) is 19.2. The van der Waals surface area contributed by atoms with Gasteiger partial charge in [-0.05, 0) is 34.7 Å². The van der Waals surface area contributed by atoms with E-state index >= 15 is 0 Å². The molecule has 1 aromatic heterocycles. The van der Waals surface area contributed by atoms with Gasteiger partial charge in [0.1, 0.15) is 17.3 Å². The van der Waals surface area contributed by atoms with Gasteiger partial charge in [0, 0.05) is 12.0 Å².